The zero-order chi connectivity index (χ0) is 16.4. The van der Waals surface area contributed by atoms with E-state index in [2.05, 4.69) is 6.07 Å². The molecule has 0 N–H and O–H groups in total. The molecule has 0 aromatic heterocycles. The van der Waals surface area contributed by atoms with Crippen molar-refractivity contribution in [3.63, 3.8) is 0 Å². The van der Waals surface area contributed by atoms with E-state index >= 15 is 0 Å². The van der Waals surface area contributed by atoms with Crippen molar-refractivity contribution in [1.82, 2.24) is 4.90 Å². The molecule has 1 heterocycles. The van der Waals surface area contributed by atoms with Crippen LogP contribution in [-0.2, 0) is 10.2 Å². The molecule has 4 nitrogen and oxygen atoms in total. The second kappa shape index (κ2) is 5.96. The Morgan fingerprint density at radius 1 is 1.32 bits per heavy atom. The summed E-state index contributed by atoms with van der Waals surface area (Å²) in [5.41, 5.74) is -1.00. The molecule has 1 aromatic carbocycles. The topological polar surface area (TPSA) is 53.3 Å². The first-order valence-corrected chi connectivity index (χ1v) is 7.42. The highest BCUT2D eigenvalue weighted by Gasteiger charge is 2.40. The van der Waals surface area contributed by atoms with Crippen molar-refractivity contribution in [2.24, 2.45) is 0 Å². The van der Waals surface area contributed by atoms with Crippen LogP contribution in [0.1, 0.15) is 39.2 Å². The van der Waals surface area contributed by atoms with E-state index in [1.54, 1.807) is 23.1 Å². The van der Waals surface area contributed by atoms with Crippen LogP contribution in [0.3, 0.4) is 0 Å². The van der Waals surface area contributed by atoms with Crippen LogP contribution >= 0.6 is 0 Å². The smallest absolute Gasteiger partial charge is 0.410 e. The minimum atomic E-state index is -0.871. The fraction of sp³-hybridized carbons (Fsp3) is 0.529. The maximum absolute atomic E-state index is 14.0. The minimum absolute atomic E-state index is 0.366. The van der Waals surface area contributed by atoms with Gasteiger partial charge in [-0.1, -0.05) is 18.2 Å². The van der Waals surface area contributed by atoms with E-state index in [0.717, 1.165) is 0 Å². The molecule has 1 fully saturated rings. The van der Waals surface area contributed by atoms with Crippen molar-refractivity contribution in [3.05, 3.63) is 35.6 Å². The second-order valence-electron chi connectivity index (χ2n) is 6.64. The Hall–Kier alpha value is -2.09. The number of carbonyl (C=O) groups is 1. The molecule has 22 heavy (non-hydrogen) atoms. The Morgan fingerprint density at radius 3 is 2.41 bits per heavy atom. The minimum Gasteiger partial charge on any atom is -0.444 e. The van der Waals surface area contributed by atoms with Crippen molar-refractivity contribution in [1.29, 1.82) is 5.26 Å². The van der Waals surface area contributed by atoms with Gasteiger partial charge >= 0.3 is 6.09 Å². The van der Waals surface area contributed by atoms with E-state index in [0.29, 0.717) is 31.5 Å². The summed E-state index contributed by atoms with van der Waals surface area (Å²) in [4.78, 5) is 13.6. The SMILES string of the molecule is CC(C)(C)OC(=O)N1CCC(C#N)(c2ccccc2F)CC1. The normalized spacial score (nSPS) is 17.7. The van der Waals surface area contributed by atoms with Gasteiger partial charge < -0.3 is 9.64 Å². The van der Waals surface area contributed by atoms with Crippen LogP contribution < -0.4 is 0 Å². The van der Waals surface area contributed by atoms with E-state index in [-0.39, 0.29) is 11.9 Å². The number of nitriles is 1. The maximum Gasteiger partial charge on any atom is 0.410 e. The van der Waals surface area contributed by atoms with E-state index in [9.17, 15) is 14.4 Å². The van der Waals surface area contributed by atoms with Crippen LogP contribution in [0.4, 0.5) is 9.18 Å². The quantitative estimate of drug-likeness (QED) is 0.796. The number of amides is 1. The average Bonchev–Trinajstić information content (AvgIpc) is 2.46. The summed E-state index contributed by atoms with van der Waals surface area (Å²) in [7, 11) is 0. The third-order valence-electron chi connectivity index (χ3n) is 3.87. The number of ether oxygens (including phenoxy) is 1. The molecule has 1 saturated heterocycles. The van der Waals surface area contributed by atoms with Gasteiger partial charge in [-0.15, -0.1) is 0 Å². The van der Waals surface area contributed by atoms with Crippen LogP contribution in [-0.4, -0.2) is 29.7 Å². The highest BCUT2D eigenvalue weighted by Crippen LogP contribution is 2.36. The molecule has 118 valence electrons. The molecule has 0 atom stereocenters. The van der Waals surface area contributed by atoms with Gasteiger partial charge in [0.25, 0.3) is 0 Å². The molecular formula is C17H21FN2O2. The number of benzene rings is 1. The van der Waals surface area contributed by atoms with Crippen molar-refractivity contribution in [3.8, 4) is 6.07 Å². The summed E-state index contributed by atoms with van der Waals surface area (Å²) < 4.78 is 19.4. The van der Waals surface area contributed by atoms with Crippen LogP contribution in [0.2, 0.25) is 0 Å². The summed E-state index contributed by atoms with van der Waals surface area (Å²) in [5.74, 6) is -0.366. The van der Waals surface area contributed by atoms with Crippen LogP contribution in [0, 0.1) is 17.1 Å². The first-order valence-electron chi connectivity index (χ1n) is 7.42. The van der Waals surface area contributed by atoms with Gasteiger partial charge in [-0.05, 0) is 39.7 Å². The van der Waals surface area contributed by atoms with Gasteiger partial charge in [-0.25, -0.2) is 9.18 Å². The molecule has 1 aliphatic heterocycles. The predicted molar refractivity (Wildman–Crippen MR) is 80.7 cm³/mol. The number of carbonyl (C=O) groups excluding carboxylic acids is 1. The lowest BCUT2D eigenvalue weighted by atomic mass is 9.74. The molecule has 0 unspecified atom stereocenters. The molecule has 5 heteroatoms. The van der Waals surface area contributed by atoms with Crippen LogP contribution in [0.25, 0.3) is 0 Å². The molecular weight excluding hydrogens is 283 g/mol. The number of piperidine rings is 1. The maximum atomic E-state index is 14.0. The first-order chi connectivity index (χ1) is 10.3. The highest BCUT2D eigenvalue weighted by molar-refractivity contribution is 5.68. The van der Waals surface area contributed by atoms with E-state index in [4.69, 9.17) is 4.74 Å². The summed E-state index contributed by atoms with van der Waals surface area (Å²) in [6.07, 6.45) is 0.431. The fourth-order valence-electron chi connectivity index (χ4n) is 2.69. The lowest BCUT2D eigenvalue weighted by Gasteiger charge is -2.38. The molecule has 1 aliphatic rings. The van der Waals surface area contributed by atoms with E-state index in [1.165, 1.54) is 6.07 Å². The number of hydrogen-bond donors (Lipinski definition) is 0. The van der Waals surface area contributed by atoms with Gasteiger partial charge in [0.05, 0.1) is 11.5 Å². The van der Waals surface area contributed by atoms with E-state index < -0.39 is 11.0 Å². The summed E-state index contributed by atoms with van der Waals surface area (Å²) in [5, 5.41) is 9.58. The van der Waals surface area contributed by atoms with Gasteiger partial charge in [0, 0.05) is 18.7 Å². The van der Waals surface area contributed by atoms with Gasteiger partial charge in [0.2, 0.25) is 0 Å². The van der Waals surface area contributed by atoms with Crippen LogP contribution in [0.5, 0.6) is 0 Å². The molecule has 0 bridgehead atoms. The number of halogens is 1. The molecule has 2 rings (SSSR count). The van der Waals surface area contributed by atoms with Gasteiger partial charge in [0.1, 0.15) is 11.4 Å². The van der Waals surface area contributed by atoms with Crippen molar-refractivity contribution in [2.75, 3.05) is 13.1 Å². The molecule has 0 spiro atoms. The molecule has 1 amide bonds. The van der Waals surface area contributed by atoms with Crippen LogP contribution in [0.15, 0.2) is 24.3 Å². The Bertz CT molecular complexity index is 593. The van der Waals surface area contributed by atoms with Crippen molar-refractivity contribution in [2.45, 2.75) is 44.6 Å². The Labute approximate surface area is 130 Å². The van der Waals surface area contributed by atoms with Crippen molar-refractivity contribution >= 4 is 6.09 Å². The average molecular weight is 304 g/mol. The summed E-state index contributed by atoms with van der Waals surface area (Å²) >= 11 is 0. The molecule has 1 aromatic rings. The third kappa shape index (κ3) is 3.38. The van der Waals surface area contributed by atoms with E-state index in [1.807, 2.05) is 20.8 Å². The first kappa shape index (κ1) is 16.3. The number of nitrogens with zero attached hydrogens (tertiary/aromatic N) is 2. The predicted octanol–water partition coefficient (Wildman–Crippen LogP) is 3.62. The monoisotopic (exact) mass is 304 g/mol. The van der Waals surface area contributed by atoms with Gasteiger partial charge in [-0.3, -0.25) is 0 Å². The fourth-order valence-corrected chi connectivity index (χ4v) is 2.69. The Morgan fingerprint density at radius 2 is 1.91 bits per heavy atom. The number of likely N-dealkylation sites (tertiary alicyclic amines) is 1. The molecule has 0 saturated carbocycles. The lowest BCUT2D eigenvalue weighted by molar-refractivity contribution is 0.0184. The molecule has 0 radical (unpaired) electrons. The largest absolute Gasteiger partial charge is 0.444 e. The number of rotatable bonds is 1. The van der Waals surface area contributed by atoms with Crippen molar-refractivity contribution < 1.29 is 13.9 Å². The standard InChI is InChI=1S/C17H21FN2O2/c1-16(2,3)22-15(21)20-10-8-17(12-19,9-11-20)13-6-4-5-7-14(13)18/h4-7H,8-11H2,1-3H3. The zero-order valence-corrected chi connectivity index (χ0v) is 13.2. The summed E-state index contributed by atoms with van der Waals surface area (Å²) in [6, 6.07) is 8.63. The molecule has 0 aliphatic carbocycles. The Balaban J connectivity index is 2.11. The van der Waals surface area contributed by atoms with Gasteiger partial charge in [-0.2, -0.15) is 5.26 Å². The Kier molecular flexibility index (Phi) is 4.41. The van der Waals surface area contributed by atoms with Gasteiger partial charge in [0.15, 0.2) is 0 Å². The lowest BCUT2D eigenvalue weighted by Crippen LogP contribution is -2.46. The second-order valence-corrected chi connectivity index (χ2v) is 6.64. The summed E-state index contributed by atoms with van der Waals surface area (Å²) in [6.45, 7) is 6.21. The number of hydrogen-bond acceptors (Lipinski definition) is 3. The zero-order valence-electron chi connectivity index (χ0n) is 13.2. The highest BCUT2D eigenvalue weighted by atomic mass is 19.1. The third-order valence-corrected chi connectivity index (χ3v) is 3.87.